The summed E-state index contributed by atoms with van der Waals surface area (Å²) < 4.78 is 31.4. The molecule has 0 saturated heterocycles. The number of hydrogen-bond acceptors (Lipinski definition) is 4. The number of fused-ring (bicyclic) bond motifs is 1. The lowest BCUT2D eigenvalue weighted by atomic mass is 10.2. The van der Waals surface area contributed by atoms with E-state index in [1.54, 1.807) is 28.8 Å². The summed E-state index contributed by atoms with van der Waals surface area (Å²) in [6.45, 7) is 0.790. The summed E-state index contributed by atoms with van der Waals surface area (Å²) in [5.41, 5.74) is 3.30. The Labute approximate surface area is 218 Å². The summed E-state index contributed by atoms with van der Waals surface area (Å²) in [4.78, 5) is 12.8. The van der Waals surface area contributed by atoms with Crippen LogP contribution >= 0.6 is 22.9 Å². The molecule has 5 aromatic rings. The van der Waals surface area contributed by atoms with Gasteiger partial charge in [-0.05, 0) is 41.0 Å². The maximum Gasteiger partial charge on any atom is 0.308 e. The second kappa shape index (κ2) is 10.4. The van der Waals surface area contributed by atoms with Gasteiger partial charge in [-0.25, -0.2) is 8.42 Å². The number of sulfonamides is 1. The lowest BCUT2D eigenvalue weighted by molar-refractivity contribution is 0.401. The second-order valence-electron chi connectivity index (χ2n) is 8.42. The Hall–Kier alpha value is -3.23. The maximum absolute atomic E-state index is 13.8. The SMILES string of the molecule is O=c1sc2cc(S(=O)(=O)N(Cc3ccccc3)Cc3ccccc3)ccc2n1Cc1ccccc1Cl. The number of aromatic nitrogens is 1. The number of benzene rings is 4. The first-order valence-corrected chi connectivity index (χ1v) is 14.0. The molecule has 0 aliphatic carbocycles. The summed E-state index contributed by atoms with van der Waals surface area (Å²) in [7, 11) is -3.85. The van der Waals surface area contributed by atoms with Gasteiger partial charge in [-0.15, -0.1) is 0 Å². The van der Waals surface area contributed by atoms with Crippen LogP contribution in [0.5, 0.6) is 0 Å². The molecule has 5 rings (SSSR count). The zero-order valence-corrected chi connectivity index (χ0v) is 21.6. The highest BCUT2D eigenvalue weighted by atomic mass is 35.5. The van der Waals surface area contributed by atoms with Crippen LogP contribution in [0.4, 0.5) is 0 Å². The normalized spacial score (nSPS) is 11.8. The Morgan fingerprint density at radius 1 is 0.778 bits per heavy atom. The standard InChI is InChI=1S/C28H23ClN2O3S2/c29-25-14-8-7-13-23(25)20-31-26-16-15-24(17-27(26)35-28(31)32)36(33,34)30(18-21-9-3-1-4-10-21)19-22-11-5-2-6-12-22/h1-17H,18-20H2. The third-order valence-corrected chi connectivity index (χ3v) is 9.07. The van der Waals surface area contributed by atoms with Crippen LogP contribution in [0.25, 0.3) is 10.2 Å². The molecule has 0 aliphatic heterocycles. The van der Waals surface area contributed by atoms with Crippen molar-refractivity contribution >= 4 is 43.2 Å². The fourth-order valence-electron chi connectivity index (χ4n) is 4.10. The third-order valence-electron chi connectivity index (χ3n) is 5.97. The number of hydrogen-bond donors (Lipinski definition) is 0. The van der Waals surface area contributed by atoms with Crippen LogP contribution in [0, 0.1) is 0 Å². The number of rotatable bonds is 8. The van der Waals surface area contributed by atoms with Gasteiger partial charge in [0.25, 0.3) is 0 Å². The van der Waals surface area contributed by atoms with Gasteiger partial charge in [-0.2, -0.15) is 4.31 Å². The summed E-state index contributed by atoms with van der Waals surface area (Å²) in [5, 5.41) is 0.584. The van der Waals surface area contributed by atoms with Gasteiger partial charge in [0, 0.05) is 18.1 Å². The minimum absolute atomic E-state index is 0.160. The molecule has 1 heterocycles. The third kappa shape index (κ3) is 5.15. The quantitative estimate of drug-likeness (QED) is 0.240. The largest absolute Gasteiger partial charge is 0.308 e. The number of halogens is 1. The molecule has 0 aliphatic rings. The van der Waals surface area contributed by atoms with Gasteiger partial charge < -0.3 is 0 Å². The average Bonchev–Trinajstić information content (AvgIpc) is 3.20. The molecule has 0 saturated carbocycles. The first kappa shape index (κ1) is 24.5. The van der Waals surface area contributed by atoms with E-state index in [9.17, 15) is 13.2 Å². The highest BCUT2D eigenvalue weighted by molar-refractivity contribution is 7.89. The van der Waals surface area contributed by atoms with Crippen molar-refractivity contribution < 1.29 is 8.42 Å². The Balaban J connectivity index is 1.52. The van der Waals surface area contributed by atoms with E-state index >= 15 is 0 Å². The molecule has 0 N–H and O–H groups in total. The molecule has 0 fully saturated rings. The summed E-state index contributed by atoms with van der Waals surface area (Å²) in [6, 6.07) is 31.3. The predicted molar refractivity (Wildman–Crippen MR) is 146 cm³/mol. The van der Waals surface area contributed by atoms with Gasteiger partial charge in [0.15, 0.2) is 0 Å². The van der Waals surface area contributed by atoms with E-state index in [-0.39, 0.29) is 22.9 Å². The first-order valence-electron chi connectivity index (χ1n) is 11.4. The van der Waals surface area contributed by atoms with Crippen LogP contribution in [-0.2, 0) is 29.7 Å². The van der Waals surface area contributed by atoms with Crippen molar-refractivity contribution in [3.05, 3.63) is 135 Å². The number of thiazole rings is 1. The summed E-state index contributed by atoms with van der Waals surface area (Å²) >= 11 is 7.34. The van der Waals surface area contributed by atoms with Gasteiger partial charge in [0.2, 0.25) is 10.0 Å². The second-order valence-corrected chi connectivity index (χ2v) is 11.8. The molecule has 4 aromatic carbocycles. The van der Waals surface area contributed by atoms with Crippen molar-refractivity contribution in [3.63, 3.8) is 0 Å². The molecule has 5 nitrogen and oxygen atoms in total. The molecular formula is C28H23ClN2O3S2. The van der Waals surface area contributed by atoms with Gasteiger partial charge in [-0.3, -0.25) is 9.36 Å². The molecular weight excluding hydrogens is 512 g/mol. The van der Waals surface area contributed by atoms with E-state index in [2.05, 4.69) is 0 Å². The van der Waals surface area contributed by atoms with Crippen LogP contribution in [-0.4, -0.2) is 17.3 Å². The Morgan fingerprint density at radius 2 is 1.36 bits per heavy atom. The monoisotopic (exact) mass is 534 g/mol. The van der Waals surface area contributed by atoms with Gasteiger partial charge in [0.1, 0.15) is 0 Å². The molecule has 1 aromatic heterocycles. The van der Waals surface area contributed by atoms with Gasteiger partial charge in [-0.1, -0.05) is 102 Å². The molecule has 36 heavy (non-hydrogen) atoms. The van der Waals surface area contributed by atoms with E-state index in [0.29, 0.717) is 21.8 Å². The van der Waals surface area contributed by atoms with Crippen LogP contribution in [0.15, 0.2) is 113 Å². The average molecular weight is 535 g/mol. The van der Waals surface area contributed by atoms with Crippen molar-refractivity contribution in [1.29, 1.82) is 0 Å². The van der Waals surface area contributed by atoms with E-state index in [1.165, 1.54) is 4.31 Å². The smallest absolute Gasteiger partial charge is 0.294 e. The van der Waals surface area contributed by atoms with Crippen LogP contribution < -0.4 is 4.87 Å². The topological polar surface area (TPSA) is 59.4 Å². The Morgan fingerprint density at radius 3 is 1.97 bits per heavy atom. The van der Waals surface area contributed by atoms with E-state index in [1.807, 2.05) is 78.9 Å². The lowest BCUT2D eigenvalue weighted by Gasteiger charge is -2.23. The summed E-state index contributed by atoms with van der Waals surface area (Å²) in [5.74, 6) is 0. The van der Waals surface area contributed by atoms with Gasteiger partial charge in [0.05, 0.1) is 21.7 Å². The summed E-state index contributed by atoms with van der Waals surface area (Å²) in [6.07, 6.45) is 0. The minimum Gasteiger partial charge on any atom is -0.294 e. The lowest BCUT2D eigenvalue weighted by Crippen LogP contribution is -2.30. The Kier molecular flexibility index (Phi) is 7.07. The predicted octanol–water partition coefficient (Wildman–Crippen LogP) is 6.16. The molecule has 0 amide bonds. The fraction of sp³-hybridized carbons (Fsp3) is 0.107. The van der Waals surface area contributed by atoms with Crippen molar-refractivity contribution in [2.24, 2.45) is 0 Å². The van der Waals surface area contributed by atoms with Crippen LogP contribution in [0.3, 0.4) is 0 Å². The fourth-order valence-corrected chi connectivity index (χ4v) is 6.75. The number of nitrogens with zero attached hydrogens (tertiary/aromatic N) is 2. The molecule has 8 heteroatoms. The van der Waals surface area contributed by atoms with E-state index in [4.69, 9.17) is 11.6 Å². The minimum atomic E-state index is -3.85. The highest BCUT2D eigenvalue weighted by Gasteiger charge is 2.26. The van der Waals surface area contributed by atoms with Crippen molar-refractivity contribution in [3.8, 4) is 0 Å². The molecule has 0 unspecified atom stereocenters. The molecule has 0 spiro atoms. The zero-order chi connectivity index (χ0) is 25.1. The van der Waals surface area contributed by atoms with Gasteiger partial charge >= 0.3 is 4.87 Å². The molecule has 0 bridgehead atoms. The molecule has 0 atom stereocenters. The first-order chi connectivity index (χ1) is 17.4. The molecule has 0 radical (unpaired) electrons. The van der Waals surface area contributed by atoms with Crippen molar-refractivity contribution in [2.45, 2.75) is 24.5 Å². The molecule has 182 valence electrons. The Bertz CT molecular complexity index is 1620. The maximum atomic E-state index is 13.8. The highest BCUT2D eigenvalue weighted by Crippen LogP contribution is 2.27. The van der Waals surface area contributed by atoms with E-state index < -0.39 is 10.0 Å². The van der Waals surface area contributed by atoms with Crippen molar-refractivity contribution in [2.75, 3.05) is 0 Å². The van der Waals surface area contributed by atoms with E-state index in [0.717, 1.165) is 28.0 Å². The van der Waals surface area contributed by atoms with Crippen molar-refractivity contribution in [1.82, 2.24) is 8.87 Å². The van der Waals surface area contributed by atoms with Crippen LogP contribution in [0.1, 0.15) is 16.7 Å². The zero-order valence-electron chi connectivity index (χ0n) is 19.2. The van der Waals surface area contributed by atoms with Crippen LogP contribution in [0.2, 0.25) is 5.02 Å².